The molecule has 4 rings (SSSR count). The molecule has 0 saturated carbocycles. The van der Waals surface area contributed by atoms with Gasteiger partial charge in [-0.1, -0.05) is 30.3 Å². The molecule has 1 fully saturated rings. The van der Waals surface area contributed by atoms with Gasteiger partial charge in [-0.2, -0.15) is 5.10 Å². The van der Waals surface area contributed by atoms with E-state index in [1.165, 1.54) is 0 Å². The average Bonchev–Trinajstić information content (AvgIpc) is 3.27. The Kier molecular flexibility index (Phi) is 4.06. The number of nitrogens with zero attached hydrogens (tertiary/aromatic N) is 4. The van der Waals surface area contributed by atoms with Crippen LogP contribution in [0.5, 0.6) is 0 Å². The molecule has 1 atom stereocenters. The summed E-state index contributed by atoms with van der Waals surface area (Å²) in [5, 5.41) is 7.53. The van der Waals surface area contributed by atoms with Gasteiger partial charge in [0.15, 0.2) is 5.82 Å². The maximum atomic E-state index is 4.73. The van der Waals surface area contributed by atoms with Crippen molar-refractivity contribution >= 4 is 21.7 Å². The number of H-pyrrole nitrogens is 1. The van der Waals surface area contributed by atoms with E-state index in [9.17, 15) is 0 Å². The Morgan fingerprint density at radius 1 is 1.12 bits per heavy atom. The van der Waals surface area contributed by atoms with Gasteiger partial charge in [0.1, 0.15) is 11.6 Å². The van der Waals surface area contributed by atoms with Crippen LogP contribution in [0.1, 0.15) is 30.4 Å². The van der Waals surface area contributed by atoms with Crippen LogP contribution in [0.25, 0.3) is 11.4 Å². The van der Waals surface area contributed by atoms with Crippen molar-refractivity contribution < 1.29 is 0 Å². The molecule has 122 valence electrons. The smallest absolute Gasteiger partial charge is 0.181 e. The Balaban J connectivity index is 1.63. The van der Waals surface area contributed by atoms with E-state index in [4.69, 9.17) is 9.97 Å². The molecular formula is C18H18BrN5. The van der Waals surface area contributed by atoms with Gasteiger partial charge in [-0.3, -0.25) is 5.10 Å². The zero-order valence-corrected chi connectivity index (χ0v) is 15.0. The predicted molar refractivity (Wildman–Crippen MR) is 97.8 cm³/mol. The number of nitrogens with one attached hydrogen (secondary N) is 1. The molecule has 0 spiro atoms. The summed E-state index contributed by atoms with van der Waals surface area (Å²) in [4.78, 5) is 11.8. The number of benzene rings is 1. The highest BCUT2D eigenvalue weighted by Gasteiger charge is 2.30. The van der Waals surface area contributed by atoms with Crippen molar-refractivity contribution in [2.75, 3.05) is 11.4 Å². The van der Waals surface area contributed by atoms with Crippen LogP contribution in [0.4, 0.5) is 5.82 Å². The zero-order valence-electron chi connectivity index (χ0n) is 13.4. The summed E-state index contributed by atoms with van der Waals surface area (Å²) in [6, 6.07) is 14.4. The quantitative estimate of drug-likeness (QED) is 0.733. The van der Waals surface area contributed by atoms with Gasteiger partial charge in [0, 0.05) is 16.6 Å². The van der Waals surface area contributed by atoms with Gasteiger partial charge in [0.2, 0.25) is 0 Å². The van der Waals surface area contributed by atoms with E-state index in [2.05, 4.69) is 43.2 Å². The highest BCUT2D eigenvalue weighted by molar-refractivity contribution is 9.10. The number of hydrogen-bond acceptors (Lipinski definition) is 4. The predicted octanol–water partition coefficient (Wildman–Crippen LogP) is 4.28. The van der Waals surface area contributed by atoms with E-state index in [1.807, 2.05) is 37.3 Å². The van der Waals surface area contributed by atoms with Crippen molar-refractivity contribution in [3.8, 4) is 11.4 Å². The SMILES string of the molecule is Cc1nc(N2CCCC2c2nc(-c3ccccc3)n[nH]2)ccc1Br. The first kappa shape index (κ1) is 15.3. The molecule has 1 N–H and O–H groups in total. The maximum absolute atomic E-state index is 4.73. The van der Waals surface area contributed by atoms with Gasteiger partial charge in [-0.05, 0) is 47.8 Å². The Morgan fingerprint density at radius 2 is 1.96 bits per heavy atom. The van der Waals surface area contributed by atoms with E-state index in [-0.39, 0.29) is 6.04 Å². The van der Waals surface area contributed by atoms with Crippen molar-refractivity contribution in [2.45, 2.75) is 25.8 Å². The fraction of sp³-hybridized carbons (Fsp3) is 0.278. The van der Waals surface area contributed by atoms with E-state index in [0.29, 0.717) is 0 Å². The van der Waals surface area contributed by atoms with Gasteiger partial charge >= 0.3 is 0 Å². The van der Waals surface area contributed by atoms with E-state index >= 15 is 0 Å². The number of hydrogen-bond donors (Lipinski definition) is 1. The summed E-state index contributed by atoms with van der Waals surface area (Å²) in [6.45, 7) is 3.00. The van der Waals surface area contributed by atoms with Crippen LogP contribution in [0, 0.1) is 6.92 Å². The summed E-state index contributed by atoms with van der Waals surface area (Å²) < 4.78 is 1.04. The van der Waals surface area contributed by atoms with Crippen molar-refractivity contribution in [3.05, 3.63) is 58.5 Å². The van der Waals surface area contributed by atoms with Crippen molar-refractivity contribution in [3.63, 3.8) is 0 Å². The van der Waals surface area contributed by atoms with E-state index in [1.54, 1.807) is 0 Å². The highest BCUT2D eigenvalue weighted by atomic mass is 79.9. The largest absolute Gasteiger partial charge is 0.346 e. The molecule has 24 heavy (non-hydrogen) atoms. The van der Waals surface area contributed by atoms with Crippen LogP contribution in [-0.4, -0.2) is 26.7 Å². The third kappa shape index (κ3) is 2.82. The second-order valence-electron chi connectivity index (χ2n) is 6.00. The molecule has 0 aliphatic carbocycles. The minimum Gasteiger partial charge on any atom is -0.346 e. The van der Waals surface area contributed by atoms with Crippen molar-refractivity contribution in [1.82, 2.24) is 20.2 Å². The van der Waals surface area contributed by atoms with Crippen LogP contribution in [0.15, 0.2) is 46.9 Å². The lowest BCUT2D eigenvalue weighted by atomic mass is 10.2. The van der Waals surface area contributed by atoms with Gasteiger partial charge in [-0.25, -0.2) is 9.97 Å². The molecule has 3 heterocycles. The van der Waals surface area contributed by atoms with Crippen LogP contribution in [0.3, 0.4) is 0 Å². The number of aromatic amines is 1. The molecule has 6 heteroatoms. The molecule has 1 saturated heterocycles. The lowest BCUT2D eigenvalue weighted by molar-refractivity contribution is 0.663. The molecule has 5 nitrogen and oxygen atoms in total. The Labute approximate surface area is 149 Å². The second kappa shape index (κ2) is 6.36. The van der Waals surface area contributed by atoms with Crippen LogP contribution < -0.4 is 4.90 Å². The molecule has 1 aromatic carbocycles. The molecule has 3 aromatic rings. The number of halogens is 1. The lowest BCUT2D eigenvalue weighted by Crippen LogP contribution is -2.24. The number of pyridine rings is 1. The zero-order chi connectivity index (χ0) is 16.5. The maximum Gasteiger partial charge on any atom is 0.181 e. The van der Waals surface area contributed by atoms with Gasteiger partial charge < -0.3 is 4.90 Å². The normalized spacial score (nSPS) is 17.4. The molecular weight excluding hydrogens is 366 g/mol. The molecule has 0 bridgehead atoms. The molecule has 1 aliphatic rings. The first-order valence-corrected chi connectivity index (χ1v) is 8.89. The Hall–Kier alpha value is -2.21. The summed E-state index contributed by atoms with van der Waals surface area (Å²) >= 11 is 3.52. The third-order valence-corrected chi connectivity index (χ3v) is 5.24. The lowest BCUT2D eigenvalue weighted by Gasteiger charge is -2.24. The fourth-order valence-corrected chi connectivity index (χ4v) is 3.38. The molecule has 0 amide bonds. The van der Waals surface area contributed by atoms with Gasteiger partial charge in [0.25, 0.3) is 0 Å². The number of aromatic nitrogens is 4. The monoisotopic (exact) mass is 383 g/mol. The average molecular weight is 384 g/mol. The van der Waals surface area contributed by atoms with Crippen molar-refractivity contribution in [1.29, 1.82) is 0 Å². The summed E-state index contributed by atoms with van der Waals surface area (Å²) in [5.74, 6) is 2.65. The Morgan fingerprint density at radius 3 is 2.75 bits per heavy atom. The number of rotatable bonds is 3. The van der Waals surface area contributed by atoms with Crippen LogP contribution in [-0.2, 0) is 0 Å². The minimum atomic E-state index is 0.197. The molecule has 0 radical (unpaired) electrons. The number of aryl methyl sites for hydroxylation is 1. The first-order chi connectivity index (χ1) is 11.7. The third-order valence-electron chi connectivity index (χ3n) is 4.40. The summed E-state index contributed by atoms with van der Waals surface area (Å²) in [5.41, 5.74) is 2.03. The summed E-state index contributed by atoms with van der Waals surface area (Å²) in [7, 11) is 0. The van der Waals surface area contributed by atoms with E-state index in [0.717, 1.165) is 52.6 Å². The topological polar surface area (TPSA) is 57.7 Å². The molecule has 2 aromatic heterocycles. The number of anilines is 1. The second-order valence-corrected chi connectivity index (χ2v) is 6.85. The summed E-state index contributed by atoms with van der Waals surface area (Å²) in [6.07, 6.45) is 2.18. The Bertz CT molecular complexity index is 846. The standard InChI is InChI=1S/C18H18BrN5/c1-12-14(19)9-10-16(20-12)24-11-5-8-15(24)18-21-17(22-23-18)13-6-3-2-4-7-13/h2-4,6-7,9-10,15H,5,8,11H2,1H3,(H,21,22,23). The highest BCUT2D eigenvalue weighted by Crippen LogP contribution is 2.34. The fourth-order valence-electron chi connectivity index (χ4n) is 3.16. The van der Waals surface area contributed by atoms with Gasteiger partial charge in [0.05, 0.1) is 11.7 Å². The minimum absolute atomic E-state index is 0.197. The molecule has 1 aliphatic heterocycles. The van der Waals surface area contributed by atoms with Crippen LogP contribution in [0.2, 0.25) is 0 Å². The van der Waals surface area contributed by atoms with Crippen molar-refractivity contribution in [2.24, 2.45) is 0 Å². The van der Waals surface area contributed by atoms with Gasteiger partial charge in [-0.15, -0.1) is 0 Å². The van der Waals surface area contributed by atoms with Crippen LogP contribution >= 0.6 is 15.9 Å². The van der Waals surface area contributed by atoms with E-state index < -0.39 is 0 Å². The first-order valence-electron chi connectivity index (χ1n) is 8.10. The molecule has 1 unspecified atom stereocenters.